The van der Waals surface area contributed by atoms with Gasteiger partial charge in [0.1, 0.15) is 0 Å². The number of carbonyl (C=O) groups is 1. The highest BCUT2D eigenvalue weighted by atomic mass is 32.1. The molecule has 0 bridgehead atoms. The van der Waals surface area contributed by atoms with Gasteiger partial charge < -0.3 is 4.90 Å². The summed E-state index contributed by atoms with van der Waals surface area (Å²) in [6, 6.07) is 1.88. The Labute approximate surface area is 76.1 Å². The zero-order chi connectivity index (χ0) is 8.97. The van der Waals surface area contributed by atoms with Gasteiger partial charge in [0.25, 0.3) is 0 Å². The van der Waals surface area contributed by atoms with E-state index in [0.717, 1.165) is 23.4 Å². The normalized spacial score (nSPS) is 9.42. The lowest BCUT2D eigenvalue weighted by molar-refractivity contribution is 0.112. The highest BCUT2D eigenvalue weighted by Crippen LogP contribution is 2.20. The SMILES string of the molecule is C=CCN(C)c1csc(C=O)c1. The molecule has 0 aliphatic rings. The molecule has 0 spiro atoms. The lowest BCUT2D eigenvalue weighted by Crippen LogP contribution is -2.15. The molecule has 0 saturated carbocycles. The van der Waals surface area contributed by atoms with E-state index in [0.29, 0.717) is 0 Å². The fraction of sp³-hybridized carbons (Fsp3) is 0.222. The van der Waals surface area contributed by atoms with Crippen molar-refractivity contribution in [2.75, 3.05) is 18.5 Å². The summed E-state index contributed by atoms with van der Waals surface area (Å²) in [7, 11) is 1.97. The van der Waals surface area contributed by atoms with Gasteiger partial charge in [-0.1, -0.05) is 6.08 Å². The summed E-state index contributed by atoms with van der Waals surface area (Å²) < 4.78 is 0. The average Bonchev–Trinajstić information content (AvgIpc) is 2.52. The predicted octanol–water partition coefficient (Wildman–Crippen LogP) is 2.18. The van der Waals surface area contributed by atoms with Gasteiger partial charge in [-0.05, 0) is 6.07 Å². The third-order valence-electron chi connectivity index (χ3n) is 1.57. The molecule has 0 unspecified atom stereocenters. The van der Waals surface area contributed by atoms with Crippen LogP contribution in [0.1, 0.15) is 9.67 Å². The van der Waals surface area contributed by atoms with Gasteiger partial charge in [-0.3, -0.25) is 4.79 Å². The Morgan fingerprint density at radius 1 is 1.75 bits per heavy atom. The van der Waals surface area contributed by atoms with Crippen LogP contribution in [-0.2, 0) is 0 Å². The van der Waals surface area contributed by atoms with Gasteiger partial charge in [0, 0.05) is 24.7 Å². The highest BCUT2D eigenvalue weighted by Gasteiger charge is 2.01. The van der Waals surface area contributed by atoms with E-state index in [1.54, 1.807) is 0 Å². The van der Waals surface area contributed by atoms with Crippen molar-refractivity contribution in [3.8, 4) is 0 Å². The molecule has 0 N–H and O–H groups in total. The molecule has 0 aromatic carbocycles. The van der Waals surface area contributed by atoms with Crippen LogP contribution in [0.4, 0.5) is 5.69 Å². The Morgan fingerprint density at radius 2 is 2.50 bits per heavy atom. The monoisotopic (exact) mass is 181 g/mol. The van der Waals surface area contributed by atoms with Crippen molar-refractivity contribution in [2.45, 2.75) is 0 Å². The molecular formula is C9H11NOS. The number of nitrogens with zero attached hydrogens (tertiary/aromatic N) is 1. The molecule has 0 atom stereocenters. The number of hydrogen-bond acceptors (Lipinski definition) is 3. The van der Waals surface area contributed by atoms with Crippen LogP contribution < -0.4 is 4.90 Å². The van der Waals surface area contributed by atoms with E-state index in [9.17, 15) is 4.79 Å². The molecule has 1 heterocycles. The van der Waals surface area contributed by atoms with Gasteiger partial charge in [0.15, 0.2) is 6.29 Å². The van der Waals surface area contributed by atoms with Crippen molar-refractivity contribution < 1.29 is 4.79 Å². The summed E-state index contributed by atoms with van der Waals surface area (Å²) in [6.45, 7) is 4.45. The quantitative estimate of drug-likeness (QED) is 0.524. The van der Waals surface area contributed by atoms with Crippen LogP contribution in [0.5, 0.6) is 0 Å². The van der Waals surface area contributed by atoms with E-state index in [1.807, 2.05) is 29.5 Å². The Bertz CT molecular complexity index is 280. The van der Waals surface area contributed by atoms with Gasteiger partial charge in [-0.15, -0.1) is 17.9 Å². The summed E-state index contributed by atoms with van der Waals surface area (Å²) >= 11 is 1.46. The average molecular weight is 181 g/mol. The second-order valence-corrected chi connectivity index (χ2v) is 3.44. The van der Waals surface area contributed by atoms with Crippen LogP contribution in [-0.4, -0.2) is 19.9 Å². The van der Waals surface area contributed by atoms with Crippen molar-refractivity contribution in [3.63, 3.8) is 0 Å². The summed E-state index contributed by atoms with van der Waals surface area (Å²) in [5, 5.41) is 1.97. The smallest absolute Gasteiger partial charge is 0.160 e. The maximum Gasteiger partial charge on any atom is 0.160 e. The van der Waals surface area contributed by atoms with Crippen LogP contribution in [0.25, 0.3) is 0 Å². The van der Waals surface area contributed by atoms with Gasteiger partial charge in [-0.2, -0.15) is 0 Å². The Morgan fingerprint density at radius 3 is 3.00 bits per heavy atom. The molecule has 2 nitrogen and oxygen atoms in total. The van der Waals surface area contributed by atoms with Crippen molar-refractivity contribution in [1.29, 1.82) is 0 Å². The maximum atomic E-state index is 10.4. The summed E-state index contributed by atoms with van der Waals surface area (Å²) in [6.07, 6.45) is 2.70. The van der Waals surface area contributed by atoms with Crippen LogP contribution in [0.3, 0.4) is 0 Å². The lowest BCUT2D eigenvalue weighted by atomic mass is 10.4. The number of likely N-dealkylation sites (N-methyl/N-ethyl adjacent to an activating group) is 1. The van der Waals surface area contributed by atoms with Crippen molar-refractivity contribution in [3.05, 3.63) is 29.0 Å². The van der Waals surface area contributed by atoms with E-state index in [-0.39, 0.29) is 0 Å². The molecule has 0 radical (unpaired) electrons. The summed E-state index contributed by atoms with van der Waals surface area (Å²) in [4.78, 5) is 13.2. The van der Waals surface area contributed by atoms with E-state index in [2.05, 4.69) is 6.58 Å². The van der Waals surface area contributed by atoms with Crippen LogP contribution in [0.2, 0.25) is 0 Å². The molecule has 1 aromatic rings. The van der Waals surface area contributed by atoms with E-state index in [4.69, 9.17) is 0 Å². The molecule has 12 heavy (non-hydrogen) atoms. The molecule has 1 rings (SSSR count). The predicted molar refractivity (Wildman–Crippen MR) is 53.2 cm³/mol. The number of thiophene rings is 1. The molecular weight excluding hydrogens is 170 g/mol. The highest BCUT2D eigenvalue weighted by molar-refractivity contribution is 7.12. The van der Waals surface area contributed by atoms with Gasteiger partial charge >= 0.3 is 0 Å². The van der Waals surface area contributed by atoms with Crippen LogP contribution in [0, 0.1) is 0 Å². The number of hydrogen-bond donors (Lipinski definition) is 0. The van der Waals surface area contributed by atoms with Gasteiger partial charge in [-0.25, -0.2) is 0 Å². The lowest BCUT2D eigenvalue weighted by Gasteiger charge is -2.13. The van der Waals surface area contributed by atoms with Crippen LogP contribution in [0.15, 0.2) is 24.1 Å². The summed E-state index contributed by atoms with van der Waals surface area (Å²) in [5.41, 5.74) is 1.07. The Balaban J connectivity index is 2.73. The fourth-order valence-corrected chi connectivity index (χ4v) is 1.65. The van der Waals surface area contributed by atoms with Crippen molar-refractivity contribution in [2.24, 2.45) is 0 Å². The first-order valence-corrected chi connectivity index (χ1v) is 4.51. The van der Waals surface area contributed by atoms with Gasteiger partial charge in [0.05, 0.1) is 4.88 Å². The molecule has 0 aliphatic heterocycles. The molecule has 0 fully saturated rings. The van der Waals surface area contributed by atoms with Crippen LogP contribution >= 0.6 is 11.3 Å². The molecule has 0 saturated heterocycles. The van der Waals surface area contributed by atoms with Crippen molar-refractivity contribution in [1.82, 2.24) is 0 Å². The fourth-order valence-electron chi connectivity index (χ4n) is 0.903. The first-order chi connectivity index (χ1) is 5.77. The Hall–Kier alpha value is -1.09. The number of anilines is 1. The van der Waals surface area contributed by atoms with E-state index >= 15 is 0 Å². The second-order valence-electron chi connectivity index (χ2n) is 2.49. The van der Waals surface area contributed by atoms with E-state index < -0.39 is 0 Å². The summed E-state index contributed by atoms with van der Waals surface area (Å²) in [5.74, 6) is 0. The number of rotatable bonds is 4. The molecule has 0 amide bonds. The minimum atomic E-state index is 0.765. The number of carbonyl (C=O) groups excluding carboxylic acids is 1. The van der Waals surface area contributed by atoms with Crippen molar-refractivity contribution >= 4 is 23.3 Å². The zero-order valence-corrected chi connectivity index (χ0v) is 7.80. The second kappa shape index (κ2) is 4.07. The van der Waals surface area contributed by atoms with E-state index in [1.165, 1.54) is 11.3 Å². The number of aldehydes is 1. The minimum Gasteiger partial charge on any atom is -0.370 e. The van der Waals surface area contributed by atoms with Gasteiger partial charge in [0.2, 0.25) is 0 Å². The largest absolute Gasteiger partial charge is 0.370 e. The molecule has 1 aromatic heterocycles. The standard InChI is InChI=1S/C9H11NOS/c1-3-4-10(2)8-5-9(6-11)12-7-8/h3,5-7H,1,4H2,2H3. The Kier molecular flexibility index (Phi) is 3.05. The maximum absolute atomic E-state index is 10.4. The third-order valence-corrected chi connectivity index (χ3v) is 2.41. The first kappa shape index (κ1) is 9.00. The third kappa shape index (κ3) is 1.95. The zero-order valence-electron chi connectivity index (χ0n) is 6.99. The minimum absolute atomic E-state index is 0.765. The topological polar surface area (TPSA) is 20.3 Å². The first-order valence-electron chi connectivity index (χ1n) is 3.63. The molecule has 3 heteroatoms. The molecule has 0 aliphatic carbocycles. The molecule has 64 valence electrons.